The minimum atomic E-state index is -4.24. The molecule has 0 aliphatic rings. The highest BCUT2D eigenvalue weighted by molar-refractivity contribution is 7.92. The van der Waals surface area contributed by atoms with Gasteiger partial charge in [0.2, 0.25) is 5.03 Å². The van der Waals surface area contributed by atoms with E-state index in [9.17, 15) is 17.9 Å². The second-order valence-corrected chi connectivity index (χ2v) is 5.38. The van der Waals surface area contributed by atoms with E-state index >= 15 is 0 Å². The number of phenolic OH excluding ortho intramolecular Hbond substituents is 1. The van der Waals surface area contributed by atoms with Gasteiger partial charge in [-0.25, -0.2) is 9.37 Å². The van der Waals surface area contributed by atoms with Gasteiger partial charge in [0.25, 0.3) is 10.0 Å². The highest BCUT2D eigenvalue weighted by Gasteiger charge is 2.22. The third-order valence-corrected chi connectivity index (χ3v) is 3.73. The Balaban J connectivity index is 2.41. The highest BCUT2D eigenvalue weighted by Crippen LogP contribution is 2.29. The number of halogens is 1. The molecule has 1 heterocycles. The molecule has 0 aliphatic carbocycles. The number of nitrogens with zero attached hydrogens (tertiary/aromatic N) is 1. The third-order valence-electron chi connectivity index (χ3n) is 2.43. The van der Waals surface area contributed by atoms with Crippen molar-refractivity contribution in [3.63, 3.8) is 0 Å². The molecule has 0 unspecified atom stereocenters. The summed E-state index contributed by atoms with van der Waals surface area (Å²) < 4.78 is 44.5. The minimum absolute atomic E-state index is 0.130. The number of rotatable bonds is 4. The molecule has 2 aromatic rings. The van der Waals surface area contributed by atoms with Crippen LogP contribution >= 0.6 is 0 Å². The summed E-state index contributed by atoms with van der Waals surface area (Å²) in [6.07, 6.45) is 1.16. The Morgan fingerprint density at radius 3 is 2.75 bits per heavy atom. The number of aromatic hydroxyl groups is 1. The average molecular weight is 298 g/mol. The lowest BCUT2D eigenvalue weighted by Crippen LogP contribution is -2.16. The number of benzene rings is 1. The number of hydrogen-bond donors (Lipinski definition) is 2. The van der Waals surface area contributed by atoms with Gasteiger partial charge in [-0.2, -0.15) is 8.42 Å². The second kappa shape index (κ2) is 5.33. The molecule has 0 bridgehead atoms. The zero-order chi connectivity index (χ0) is 14.8. The van der Waals surface area contributed by atoms with Crippen LogP contribution in [-0.4, -0.2) is 25.6 Å². The van der Waals surface area contributed by atoms with Gasteiger partial charge in [-0.1, -0.05) is 0 Å². The van der Waals surface area contributed by atoms with Crippen LogP contribution in [0.15, 0.2) is 41.6 Å². The molecule has 0 saturated heterocycles. The largest absolute Gasteiger partial charge is 0.506 e. The van der Waals surface area contributed by atoms with Crippen molar-refractivity contribution in [2.75, 3.05) is 11.8 Å². The van der Waals surface area contributed by atoms with Crippen molar-refractivity contribution in [1.82, 2.24) is 4.98 Å². The molecule has 0 aliphatic heterocycles. The monoisotopic (exact) mass is 298 g/mol. The van der Waals surface area contributed by atoms with Gasteiger partial charge in [0, 0.05) is 12.3 Å². The van der Waals surface area contributed by atoms with Crippen molar-refractivity contribution >= 4 is 15.7 Å². The first kappa shape index (κ1) is 14.1. The van der Waals surface area contributed by atoms with Gasteiger partial charge in [0.05, 0.1) is 12.8 Å². The number of aromatic nitrogens is 1. The lowest BCUT2D eigenvalue weighted by molar-refractivity contribution is 0.413. The second-order valence-electron chi connectivity index (χ2n) is 3.78. The van der Waals surface area contributed by atoms with Crippen LogP contribution in [0.2, 0.25) is 0 Å². The van der Waals surface area contributed by atoms with Crippen molar-refractivity contribution in [2.45, 2.75) is 5.03 Å². The van der Waals surface area contributed by atoms with Gasteiger partial charge in [0.15, 0.2) is 5.82 Å². The number of nitrogens with one attached hydrogen (secondary N) is 1. The van der Waals surface area contributed by atoms with Gasteiger partial charge in [-0.15, -0.1) is 0 Å². The van der Waals surface area contributed by atoms with Crippen LogP contribution in [0.1, 0.15) is 0 Å². The molecule has 0 spiro atoms. The lowest BCUT2D eigenvalue weighted by atomic mass is 10.3. The summed E-state index contributed by atoms with van der Waals surface area (Å²) in [5.41, 5.74) is -0.130. The summed E-state index contributed by atoms with van der Waals surface area (Å²) in [5.74, 6) is -0.963. The summed E-state index contributed by atoms with van der Waals surface area (Å²) in [7, 11) is -2.85. The third kappa shape index (κ3) is 2.80. The zero-order valence-corrected chi connectivity index (χ0v) is 11.2. The van der Waals surface area contributed by atoms with Gasteiger partial charge in [0.1, 0.15) is 11.5 Å². The van der Waals surface area contributed by atoms with Crippen molar-refractivity contribution in [1.29, 1.82) is 0 Å². The number of ether oxygens (including phenoxy) is 1. The first-order valence-electron chi connectivity index (χ1n) is 5.44. The molecule has 106 valence electrons. The van der Waals surface area contributed by atoms with E-state index in [1.165, 1.54) is 31.4 Å². The fourth-order valence-corrected chi connectivity index (χ4v) is 2.56. The number of hydrogen-bond acceptors (Lipinski definition) is 5. The molecule has 0 radical (unpaired) electrons. The van der Waals surface area contributed by atoms with Crippen molar-refractivity contribution < 1.29 is 22.7 Å². The summed E-state index contributed by atoms with van der Waals surface area (Å²) in [5, 5.41) is 8.87. The lowest BCUT2D eigenvalue weighted by Gasteiger charge is -2.10. The van der Waals surface area contributed by atoms with Crippen molar-refractivity contribution in [2.24, 2.45) is 0 Å². The maximum atomic E-state index is 13.5. The Kier molecular flexibility index (Phi) is 3.75. The van der Waals surface area contributed by atoms with Gasteiger partial charge in [-0.3, -0.25) is 4.72 Å². The number of phenols is 1. The van der Waals surface area contributed by atoms with Crippen LogP contribution in [0.3, 0.4) is 0 Å². The molecule has 1 aromatic heterocycles. The Morgan fingerprint density at radius 1 is 1.35 bits per heavy atom. The first-order valence-corrected chi connectivity index (χ1v) is 6.92. The van der Waals surface area contributed by atoms with E-state index in [1.807, 2.05) is 0 Å². The van der Waals surface area contributed by atoms with Crippen LogP contribution in [0.5, 0.6) is 11.5 Å². The minimum Gasteiger partial charge on any atom is -0.506 e. The molecule has 2 N–H and O–H groups in total. The molecular weight excluding hydrogens is 287 g/mol. The molecule has 0 atom stereocenters. The summed E-state index contributed by atoms with van der Waals surface area (Å²) in [4.78, 5) is 3.48. The maximum Gasteiger partial charge on any atom is 0.282 e. The number of anilines is 1. The van der Waals surface area contributed by atoms with E-state index in [1.54, 1.807) is 0 Å². The summed E-state index contributed by atoms with van der Waals surface area (Å²) in [6, 6.07) is 6.23. The normalized spacial score (nSPS) is 11.1. The topological polar surface area (TPSA) is 88.5 Å². The van der Waals surface area contributed by atoms with E-state index < -0.39 is 20.9 Å². The van der Waals surface area contributed by atoms with Crippen LogP contribution in [-0.2, 0) is 10.0 Å². The Labute approximate surface area is 114 Å². The first-order chi connectivity index (χ1) is 9.44. The molecule has 20 heavy (non-hydrogen) atoms. The average Bonchev–Trinajstić information content (AvgIpc) is 2.41. The van der Waals surface area contributed by atoms with E-state index in [0.29, 0.717) is 5.75 Å². The van der Waals surface area contributed by atoms with Crippen LogP contribution < -0.4 is 9.46 Å². The van der Waals surface area contributed by atoms with E-state index in [-0.39, 0.29) is 11.4 Å². The molecule has 0 fully saturated rings. The number of methoxy groups -OCH3 is 1. The van der Waals surface area contributed by atoms with Crippen molar-refractivity contribution in [3.05, 3.63) is 42.3 Å². The van der Waals surface area contributed by atoms with E-state index in [0.717, 1.165) is 12.3 Å². The predicted molar refractivity (Wildman–Crippen MR) is 69.7 cm³/mol. The van der Waals surface area contributed by atoms with Gasteiger partial charge in [-0.05, 0) is 24.3 Å². The zero-order valence-electron chi connectivity index (χ0n) is 10.4. The van der Waals surface area contributed by atoms with E-state index in [4.69, 9.17) is 4.74 Å². The van der Waals surface area contributed by atoms with E-state index in [2.05, 4.69) is 9.71 Å². The fourth-order valence-electron chi connectivity index (χ4n) is 1.49. The Hall–Kier alpha value is -2.35. The molecule has 6 nitrogen and oxygen atoms in total. The fraction of sp³-hybridized carbons (Fsp3) is 0.0833. The summed E-state index contributed by atoms with van der Waals surface area (Å²) >= 11 is 0. The van der Waals surface area contributed by atoms with Crippen LogP contribution in [0.4, 0.5) is 10.1 Å². The number of sulfonamides is 1. The SMILES string of the molecule is COc1ccc(O)c(NS(=O)(=O)c2ncccc2F)c1. The summed E-state index contributed by atoms with van der Waals surface area (Å²) in [6.45, 7) is 0. The quantitative estimate of drug-likeness (QED) is 0.839. The van der Waals surface area contributed by atoms with Crippen LogP contribution in [0, 0.1) is 5.82 Å². The molecule has 8 heteroatoms. The Morgan fingerprint density at radius 2 is 2.10 bits per heavy atom. The van der Waals surface area contributed by atoms with Gasteiger partial charge < -0.3 is 9.84 Å². The van der Waals surface area contributed by atoms with Crippen molar-refractivity contribution in [3.8, 4) is 11.5 Å². The Bertz CT molecular complexity index is 734. The maximum absolute atomic E-state index is 13.5. The molecule has 0 amide bonds. The molecule has 2 rings (SSSR count). The molecule has 0 saturated carbocycles. The van der Waals surface area contributed by atoms with Crippen LogP contribution in [0.25, 0.3) is 0 Å². The standard InChI is InChI=1S/C12H11FN2O4S/c1-19-8-4-5-11(16)10(7-8)15-20(17,18)12-9(13)3-2-6-14-12/h2-7,15-16H,1H3. The predicted octanol–water partition coefficient (Wildman–Crippen LogP) is 1.74. The van der Waals surface area contributed by atoms with Gasteiger partial charge >= 0.3 is 0 Å². The highest BCUT2D eigenvalue weighted by atomic mass is 32.2. The molecule has 1 aromatic carbocycles. The smallest absolute Gasteiger partial charge is 0.282 e. The molecular formula is C12H11FN2O4S. The number of pyridine rings is 1.